The molecule has 1 aromatic rings. The topological polar surface area (TPSA) is 12.0 Å². The zero-order valence-corrected chi connectivity index (χ0v) is 12.0. The van der Waals surface area contributed by atoms with Crippen LogP contribution in [0.3, 0.4) is 0 Å². The van der Waals surface area contributed by atoms with Crippen LogP contribution in [-0.2, 0) is 5.41 Å². The van der Waals surface area contributed by atoms with Crippen molar-refractivity contribution >= 4 is 0 Å². The lowest BCUT2D eigenvalue weighted by atomic mass is 9.86. The lowest BCUT2D eigenvalue weighted by Crippen LogP contribution is -2.14. The van der Waals surface area contributed by atoms with Gasteiger partial charge in [0.25, 0.3) is 0 Å². The average Bonchev–Trinajstić information content (AvgIpc) is 2.79. The predicted octanol–water partition coefficient (Wildman–Crippen LogP) is 3.70. The van der Waals surface area contributed by atoms with Gasteiger partial charge < -0.3 is 5.32 Å². The average molecular weight is 231 g/mol. The standard InChI is InChI=1S/C16H25N/c1-15(2,3)12-9-7-11(8-10-12)13-14(17-6)16(13,4)5/h7-10,13-14,17H,1-6H3. The highest BCUT2D eigenvalue weighted by atomic mass is 15.0. The number of hydrogen-bond donors (Lipinski definition) is 1. The molecule has 1 aromatic carbocycles. The molecule has 2 atom stereocenters. The summed E-state index contributed by atoms with van der Waals surface area (Å²) >= 11 is 0. The third-order valence-electron chi connectivity index (χ3n) is 4.27. The first kappa shape index (κ1) is 12.6. The SMILES string of the molecule is CNC1C(c2ccc(C(C)(C)C)cc2)C1(C)C. The van der Waals surface area contributed by atoms with Gasteiger partial charge in [-0.15, -0.1) is 0 Å². The predicted molar refractivity (Wildman–Crippen MR) is 74.5 cm³/mol. The van der Waals surface area contributed by atoms with E-state index in [9.17, 15) is 0 Å². The van der Waals surface area contributed by atoms with E-state index in [1.165, 1.54) is 11.1 Å². The third kappa shape index (κ3) is 2.13. The number of hydrogen-bond acceptors (Lipinski definition) is 1. The first-order chi connectivity index (χ1) is 7.78. The summed E-state index contributed by atoms with van der Waals surface area (Å²) in [4.78, 5) is 0. The monoisotopic (exact) mass is 231 g/mol. The highest BCUT2D eigenvalue weighted by molar-refractivity contribution is 5.37. The van der Waals surface area contributed by atoms with Crippen LogP contribution in [0.25, 0.3) is 0 Å². The Morgan fingerprint density at radius 1 is 1.06 bits per heavy atom. The van der Waals surface area contributed by atoms with Crippen molar-refractivity contribution in [1.29, 1.82) is 0 Å². The summed E-state index contributed by atoms with van der Waals surface area (Å²) in [6.45, 7) is 11.5. The maximum atomic E-state index is 3.42. The van der Waals surface area contributed by atoms with Gasteiger partial charge in [0.15, 0.2) is 0 Å². The van der Waals surface area contributed by atoms with Crippen LogP contribution in [0.2, 0.25) is 0 Å². The molecule has 0 bridgehead atoms. The minimum atomic E-state index is 0.250. The first-order valence-electron chi connectivity index (χ1n) is 6.56. The molecule has 0 heterocycles. The summed E-state index contributed by atoms with van der Waals surface area (Å²) in [6, 6.07) is 9.82. The van der Waals surface area contributed by atoms with Crippen LogP contribution in [-0.4, -0.2) is 13.1 Å². The van der Waals surface area contributed by atoms with Gasteiger partial charge in [-0.3, -0.25) is 0 Å². The molecule has 0 spiro atoms. The van der Waals surface area contributed by atoms with Crippen LogP contribution < -0.4 is 5.32 Å². The van der Waals surface area contributed by atoms with Crippen LogP contribution in [0.4, 0.5) is 0 Å². The van der Waals surface area contributed by atoms with E-state index in [-0.39, 0.29) is 5.41 Å². The van der Waals surface area contributed by atoms with Crippen LogP contribution >= 0.6 is 0 Å². The van der Waals surface area contributed by atoms with Gasteiger partial charge in [-0.1, -0.05) is 58.9 Å². The highest BCUT2D eigenvalue weighted by Gasteiger charge is 2.57. The second kappa shape index (κ2) is 3.84. The molecule has 1 aliphatic carbocycles. The van der Waals surface area contributed by atoms with Crippen LogP contribution in [0.5, 0.6) is 0 Å². The molecule has 0 amide bonds. The fourth-order valence-corrected chi connectivity index (χ4v) is 2.99. The van der Waals surface area contributed by atoms with Gasteiger partial charge in [0.2, 0.25) is 0 Å². The number of rotatable bonds is 2. The number of nitrogens with one attached hydrogen (secondary N) is 1. The van der Waals surface area contributed by atoms with Crippen molar-refractivity contribution in [3.05, 3.63) is 35.4 Å². The number of likely N-dealkylation sites (N-methyl/N-ethyl adjacent to an activating group) is 1. The Morgan fingerprint density at radius 3 is 1.94 bits per heavy atom. The quantitative estimate of drug-likeness (QED) is 0.818. The summed E-state index contributed by atoms with van der Waals surface area (Å²) in [7, 11) is 2.07. The molecule has 1 aliphatic rings. The van der Waals surface area contributed by atoms with Crippen LogP contribution in [0.1, 0.15) is 51.7 Å². The zero-order chi connectivity index (χ0) is 12.8. The Bertz CT molecular complexity index is 395. The van der Waals surface area contributed by atoms with Gasteiger partial charge in [-0.05, 0) is 29.0 Å². The Labute approximate surface area is 106 Å². The zero-order valence-electron chi connectivity index (χ0n) is 12.0. The van der Waals surface area contributed by atoms with Crippen molar-refractivity contribution in [3.63, 3.8) is 0 Å². The van der Waals surface area contributed by atoms with E-state index in [4.69, 9.17) is 0 Å². The summed E-state index contributed by atoms with van der Waals surface area (Å²) < 4.78 is 0. The van der Waals surface area contributed by atoms with E-state index in [2.05, 4.69) is 71.2 Å². The summed E-state index contributed by atoms with van der Waals surface area (Å²) in [5.41, 5.74) is 3.54. The van der Waals surface area contributed by atoms with E-state index in [0.717, 1.165) is 0 Å². The van der Waals surface area contributed by atoms with Crippen molar-refractivity contribution in [2.75, 3.05) is 7.05 Å². The molecule has 2 rings (SSSR count). The molecular weight excluding hydrogens is 206 g/mol. The van der Waals surface area contributed by atoms with Crippen molar-refractivity contribution in [3.8, 4) is 0 Å². The normalized spacial score (nSPS) is 26.9. The molecule has 17 heavy (non-hydrogen) atoms. The van der Waals surface area contributed by atoms with E-state index in [1.807, 2.05) is 0 Å². The van der Waals surface area contributed by atoms with E-state index in [0.29, 0.717) is 17.4 Å². The third-order valence-corrected chi connectivity index (χ3v) is 4.27. The van der Waals surface area contributed by atoms with Gasteiger partial charge in [-0.2, -0.15) is 0 Å². The Kier molecular flexibility index (Phi) is 2.86. The lowest BCUT2D eigenvalue weighted by molar-refractivity contribution is 0.566. The van der Waals surface area contributed by atoms with Crippen molar-refractivity contribution in [1.82, 2.24) is 5.32 Å². The van der Waals surface area contributed by atoms with Crippen LogP contribution in [0, 0.1) is 5.41 Å². The molecule has 0 saturated heterocycles. The molecule has 0 radical (unpaired) electrons. The molecule has 0 aliphatic heterocycles. The second-order valence-corrected chi connectivity index (χ2v) is 6.94. The second-order valence-electron chi connectivity index (χ2n) is 6.94. The Morgan fingerprint density at radius 2 is 1.59 bits per heavy atom. The molecule has 1 nitrogen and oxygen atoms in total. The first-order valence-corrected chi connectivity index (χ1v) is 6.56. The van der Waals surface area contributed by atoms with E-state index in [1.54, 1.807) is 0 Å². The molecule has 1 N–H and O–H groups in total. The summed E-state index contributed by atoms with van der Waals surface area (Å²) in [5.74, 6) is 0.668. The molecule has 1 saturated carbocycles. The minimum Gasteiger partial charge on any atom is -0.316 e. The molecule has 0 aromatic heterocycles. The number of benzene rings is 1. The van der Waals surface area contributed by atoms with Gasteiger partial charge >= 0.3 is 0 Å². The van der Waals surface area contributed by atoms with E-state index >= 15 is 0 Å². The van der Waals surface area contributed by atoms with Gasteiger partial charge in [-0.25, -0.2) is 0 Å². The molecule has 94 valence electrons. The molecule has 1 heteroatoms. The molecule has 2 unspecified atom stereocenters. The van der Waals surface area contributed by atoms with Gasteiger partial charge in [0.1, 0.15) is 0 Å². The maximum absolute atomic E-state index is 3.42. The fraction of sp³-hybridized carbons (Fsp3) is 0.625. The molecular formula is C16H25N. The summed E-state index contributed by atoms with van der Waals surface area (Å²) in [5, 5.41) is 3.42. The molecule has 1 fully saturated rings. The smallest absolute Gasteiger partial charge is 0.0196 e. The van der Waals surface area contributed by atoms with Gasteiger partial charge in [0, 0.05) is 12.0 Å². The fourth-order valence-electron chi connectivity index (χ4n) is 2.99. The van der Waals surface area contributed by atoms with Crippen molar-refractivity contribution in [2.24, 2.45) is 5.41 Å². The maximum Gasteiger partial charge on any atom is 0.0196 e. The Balaban J connectivity index is 2.21. The largest absolute Gasteiger partial charge is 0.316 e. The van der Waals surface area contributed by atoms with Crippen molar-refractivity contribution in [2.45, 2.75) is 52.0 Å². The van der Waals surface area contributed by atoms with Crippen molar-refractivity contribution < 1.29 is 0 Å². The summed E-state index contributed by atoms with van der Waals surface area (Å²) in [6.07, 6.45) is 0. The van der Waals surface area contributed by atoms with Gasteiger partial charge in [0.05, 0.1) is 0 Å². The van der Waals surface area contributed by atoms with E-state index < -0.39 is 0 Å². The lowest BCUT2D eigenvalue weighted by Gasteiger charge is -2.19. The van der Waals surface area contributed by atoms with Crippen LogP contribution in [0.15, 0.2) is 24.3 Å². The minimum absolute atomic E-state index is 0.250. The highest BCUT2D eigenvalue weighted by Crippen LogP contribution is 2.58. The Hall–Kier alpha value is -0.820.